The predicted molar refractivity (Wildman–Crippen MR) is 49.3 cm³/mol. The zero-order valence-corrected chi connectivity index (χ0v) is 8.69. The fourth-order valence-electron chi connectivity index (χ4n) is 1.14. The van der Waals surface area contributed by atoms with Gasteiger partial charge >= 0.3 is 18.1 Å². The number of carboxylic acid groups (broad SMARTS) is 1. The maximum Gasteiger partial charge on any atom is 0.573 e. The second-order valence-corrected chi connectivity index (χ2v) is 3.05. The number of pyridine rings is 1. The van der Waals surface area contributed by atoms with Crippen molar-refractivity contribution in [2.24, 2.45) is 0 Å². The molecule has 0 bridgehead atoms. The van der Waals surface area contributed by atoms with Crippen LogP contribution in [0.25, 0.3) is 0 Å². The van der Waals surface area contributed by atoms with Crippen LogP contribution in [0.4, 0.5) is 19.0 Å². The number of aryl methyl sites for hydroxylation is 1. The minimum absolute atomic E-state index is 0.399. The Balaban J connectivity index is 3.41. The van der Waals surface area contributed by atoms with Crippen LogP contribution in [0.2, 0.25) is 0 Å². The maximum absolute atomic E-state index is 12.0. The summed E-state index contributed by atoms with van der Waals surface area (Å²) in [5, 5.41) is 19.1. The Morgan fingerprint density at radius 2 is 2.11 bits per heavy atom. The molecule has 0 unspecified atom stereocenters. The third kappa shape index (κ3) is 3.06. The van der Waals surface area contributed by atoms with Crippen molar-refractivity contribution in [3.63, 3.8) is 0 Å². The normalized spacial score (nSPS) is 11.1. The van der Waals surface area contributed by atoms with E-state index in [4.69, 9.17) is 5.11 Å². The number of hydrogen-bond donors (Lipinski definition) is 1. The zero-order chi connectivity index (χ0) is 14.1. The lowest BCUT2D eigenvalue weighted by molar-refractivity contribution is -0.389. The van der Waals surface area contributed by atoms with Crippen LogP contribution in [0.1, 0.15) is 16.1 Å². The van der Waals surface area contributed by atoms with E-state index in [9.17, 15) is 28.1 Å². The minimum Gasteiger partial charge on any atom is -0.478 e. The summed E-state index contributed by atoms with van der Waals surface area (Å²) in [6, 6.07) is 0.399. The molecule has 0 saturated heterocycles. The number of carbonyl (C=O) groups is 1. The van der Waals surface area contributed by atoms with E-state index >= 15 is 0 Å². The zero-order valence-electron chi connectivity index (χ0n) is 8.69. The molecular weight excluding hydrogens is 261 g/mol. The molecule has 1 heterocycles. The standard InChI is InChI=1S/C8H5F3N2O5/c1-3-6(18-8(9,10)11)4(7(14)15)2-5(12-3)13(16)17/h2H,1H3,(H,14,15). The highest BCUT2D eigenvalue weighted by atomic mass is 19.4. The Hall–Kier alpha value is -2.39. The Kier molecular flexibility index (Phi) is 3.39. The lowest BCUT2D eigenvalue weighted by atomic mass is 10.2. The van der Waals surface area contributed by atoms with Crippen LogP contribution in [-0.2, 0) is 0 Å². The van der Waals surface area contributed by atoms with Crippen molar-refractivity contribution >= 4 is 11.8 Å². The molecule has 0 saturated carbocycles. The van der Waals surface area contributed by atoms with Crippen LogP contribution in [0, 0.1) is 17.0 Å². The topological polar surface area (TPSA) is 103 Å². The van der Waals surface area contributed by atoms with Gasteiger partial charge in [0.1, 0.15) is 5.56 Å². The molecule has 0 fully saturated rings. The highest BCUT2D eigenvalue weighted by molar-refractivity contribution is 5.91. The van der Waals surface area contributed by atoms with Crippen LogP contribution in [-0.4, -0.2) is 27.3 Å². The van der Waals surface area contributed by atoms with Gasteiger partial charge in [0, 0.05) is 6.92 Å². The second-order valence-electron chi connectivity index (χ2n) is 3.05. The molecular formula is C8H5F3N2O5. The molecule has 18 heavy (non-hydrogen) atoms. The molecule has 1 N–H and O–H groups in total. The van der Waals surface area contributed by atoms with Gasteiger partial charge in [-0.15, -0.1) is 13.2 Å². The number of ether oxygens (including phenoxy) is 1. The molecule has 7 nitrogen and oxygen atoms in total. The fraction of sp³-hybridized carbons (Fsp3) is 0.250. The van der Waals surface area contributed by atoms with E-state index in [2.05, 4.69) is 9.72 Å². The van der Waals surface area contributed by atoms with Gasteiger partial charge in [-0.05, 0) is 9.91 Å². The van der Waals surface area contributed by atoms with Crippen molar-refractivity contribution < 1.29 is 32.7 Å². The molecule has 0 aliphatic heterocycles. The Morgan fingerprint density at radius 1 is 1.56 bits per heavy atom. The summed E-state index contributed by atoms with van der Waals surface area (Å²) in [6.45, 7) is 0.973. The molecule has 0 aliphatic carbocycles. The van der Waals surface area contributed by atoms with Crippen molar-refractivity contribution in [2.75, 3.05) is 0 Å². The number of halogens is 3. The van der Waals surface area contributed by atoms with E-state index in [0.717, 1.165) is 6.92 Å². The number of hydrogen-bond acceptors (Lipinski definition) is 5. The summed E-state index contributed by atoms with van der Waals surface area (Å²) < 4.78 is 39.6. The number of aromatic nitrogens is 1. The monoisotopic (exact) mass is 266 g/mol. The Labute approximate surface area is 97.0 Å². The number of carboxylic acids is 1. The highest BCUT2D eigenvalue weighted by Gasteiger charge is 2.36. The van der Waals surface area contributed by atoms with Gasteiger partial charge in [-0.1, -0.05) is 0 Å². The van der Waals surface area contributed by atoms with E-state index in [1.54, 1.807) is 0 Å². The van der Waals surface area contributed by atoms with Crippen molar-refractivity contribution in [1.29, 1.82) is 0 Å². The first kappa shape index (κ1) is 13.7. The van der Waals surface area contributed by atoms with Crippen LogP contribution in [0.3, 0.4) is 0 Å². The molecule has 0 aromatic carbocycles. The summed E-state index contributed by atoms with van der Waals surface area (Å²) in [6.07, 6.45) is -5.12. The summed E-state index contributed by atoms with van der Waals surface area (Å²) in [5.74, 6) is -3.73. The lowest BCUT2D eigenvalue weighted by Gasteiger charge is -2.11. The van der Waals surface area contributed by atoms with Gasteiger partial charge in [0.05, 0.1) is 6.07 Å². The first-order valence-corrected chi connectivity index (χ1v) is 4.27. The predicted octanol–water partition coefficient (Wildman–Crippen LogP) is 1.90. The fourth-order valence-corrected chi connectivity index (χ4v) is 1.14. The smallest absolute Gasteiger partial charge is 0.478 e. The third-order valence-electron chi connectivity index (χ3n) is 1.76. The maximum atomic E-state index is 12.0. The van der Waals surface area contributed by atoms with E-state index in [1.807, 2.05) is 0 Å². The number of alkyl halides is 3. The van der Waals surface area contributed by atoms with Crippen LogP contribution >= 0.6 is 0 Å². The third-order valence-corrected chi connectivity index (χ3v) is 1.76. The van der Waals surface area contributed by atoms with Crippen molar-refractivity contribution in [2.45, 2.75) is 13.3 Å². The summed E-state index contributed by atoms with van der Waals surface area (Å²) in [5.41, 5.74) is -1.52. The SMILES string of the molecule is Cc1nc([N+](=O)[O-])cc(C(=O)O)c1OC(F)(F)F. The molecule has 1 aromatic heterocycles. The molecule has 1 aromatic rings. The van der Waals surface area contributed by atoms with Gasteiger partial charge in [-0.2, -0.15) is 0 Å². The Bertz CT molecular complexity index is 514. The lowest BCUT2D eigenvalue weighted by Crippen LogP contribution is -2.20. The van der Waals surface area contributed by atoms with Crippen molar-refractivity contribution in [3.05, 3.63) is 27.4 Å². The van der Waals surface area contributed by atoms with E-state index in [0.29, 0.717) is 6.07 Å². The van der Waals surface area contributed by atoms with E-state index in [-0.39, 0.29) is 0 Å². The first-order valence-electron chi connectivity index (χ1n) is 4.27. The van der Waals surface area contributed by atoms with Gasteiger partial charge < -0.3 is 20.0 Å². The summed E-state index contributed by atoms with van der Waals surface area (Å²) in [7, 11) is 0. The molecule has 10 heteroatoms. The van der Waals surface area contributed by atoms with Gasteiger partial charge in [0.15, 0.2) is 11.4 Å². The molecule has 0 atom stereocenters. The molecule has 0 spiro atoms. The summed E-state index contributed by atoms with van der Waals surface area (Å²) >= 11 is 0. The second kappa shape index (κ2) is 4.47. The van der Waals surface area contributed by atoms with E-state index < -0.39 is 40.1 Å². The highest BCUT2D eigenvalue weighted by Crippen LogP contribution is 2.31. The molecule has 0 radical (unpaired) electrons. The first-order chi connectivity index (χ1) is 8.11. The molecule has 0 aliphatic rings. The van der Waals surface area contributed by atoms with Gasteiger partial charge in [0.2, 0.25) is 0 Å². The van der Waals surface area contributed by atoms with Crippen LogP contribution in [0.5, 0.6) is 5.75 Å². The number of rotatable bonds is 3. The minimum atomic E-state index is -5.12. The molecule has 98 valence electrons. The quantitative estimate of drug-likeness (QED) is 0.662. The number of nitrogens with zero attached hydrogens (tertiary/aromatic N) is 2. The summed E-state index contributed by atoms with van der Waals surface area (Å²) in [4.78, 5) is 23.3. The van der Waals surface area contributed by atoms with Crippen molar-refractivity contribution in [1.82, 2.24) is 4.98 Å². The number of nitro groups is 1. The molecule has 1 rings (SSSR count). The van der Waals surface area contributed by atoms with Gasteiger partial charge in [0.25, 0.3) is 0 Å². The average Bonchev–Trinajstić information content (AvgIpc) is 2.18. The van der Waals surface area contributed by atoms with Crippen LogP contribution in [0.15, 0.2) is 6.07 Å². The van der Waals surface area contributed by atoms with Crippen molar-refractivity contribution in [3.8, 4) is 5.75 Å². The Morgan fingerprint density at radius 3 is 2.50 bits per heavy atom. The number of aromatic carboxylic acids is 1. The van der Waals surface area contributed by atoms with Crippen LogP contribution < -0.4 is 4.74 Å². The largest absolute Gasteiger partial charge is 0.573 e. The molecule has 0 amide bonds. The van der Waals surface area contributed by atoms with E-state index in [1.165, 1.54) is 0 Å². The van der Waals surface area contributed by atoms with Gasteiger partial charge in [-0.25, -0.2) is 4.79 Å². The average molecular weight is 266 g/mol. The van der Waals surface area contributed by atoms with Gasteiger partial charge in [-0.3, -0.25) is 0 Å².